The molecular formula is C38H37NO7. The van der Waals surface area contributed by atoms with Crippen LogP contribution in [0.2, 0.25) is 0 Å². The number of methoxy groups -OCH3 is 1. The Labute approximate surface area is 268 Å². The van der Waals surface area contributed by atoms with E-state index in [0.29, 0.717) is 38.7 Å². The second-order valence-electron chi connectivity index (χ2n) is 13.8. The van der Waals surface area contributed by atoms with Crippen LogP contribution < -0.4 is 0 Å². The molecule has 8 heteroatoms. The molecule has 46 heavy (non-hydrogen) atoms. The maximum Gasteiger partial charge on any atom is 0.319 e. The average Bonchev–Trinajstić information content (AvgIpc) is 3.69. The highest BCUT2D eigenvalue weighted by molar-refractivity contribution is 6.13. The van der Waals surface area contributed by atoms with E-state index in [1.54, 1.807) is 7.05 Å². The predicted octanol–water partition coefficient (Wildman–Crippen LogP) is 5.26. The standard InChI is InChI=1S/C38H37NO7/c1-39-32(41)36-20-25(19-35(34(43)44-2)18-10-17-30(35)40)21-37(36,33(39)42)38(46-23-45-22-24-11-4-3-5-12-24)28-15-8-6-13-26(28)31(36)27-14-7-9-16-29(27)38/h3-9,11-16,25,31H,10,17-23H2,1-2H3/t25-,31?,35?,36+,37-,38?/m0/s1. The summed E-state index contributed by atoms with van der Waals surface area (Å²) >= 11 is 0. The lowest BCUT2D eigenvalue weighted by molar-refractivity contribution is -0.217. The van der Waals surface area contributed by atoms with Crippen LogP contribution in [0.1, 0.15) is 72.3 Å². The second-order valence-corrected chi connectivity index (χ2v) is 13.8. The van der Waals surface area contributed by atoms with E-state index in [1.807, 2.05) is 66.7 Å². The molecule has 1 saturated heterocycles. The molecule has 3 aromatic carbocycles. The lowest BCUT2D eigenvalue weighted by Crippen LogP contribution is -2.66. The van der Waals surface area contributed by atoms with Crippen molar-refractivity contribution < 1.29 is 33.4 Å². The zero-order valence-corrected chi connectivity index (χ0v) is 26.1. The molecule has 0 spiro atoms. The molecule has 0 N–H and O–H groups in total. The van der Waals surface area contributed by atoms with E-state index in [4.69, 9.17) is 14.2 Å². The number of hydrogen-bond donors (Lipinski definition) is 0. The van der Waals surface area contributed by atoms with E-state index in [0.717, 1.165) is 27.8 Å². The number of carbonyl (C=O) groups is 4. The number of amides is 2. The van der Waals surface area contributed by atoms with Gasteiger partial charge in [0, 0.05) is 19.4 Å². The van der Waals surface area contributed by atoms with Gasteiger partial charge in [-0.3, -0.25) is 24.1 Å². The van der Waals surface area contributed by atoms with Crippen molar-refractivity contribution in [3.63, 3.8) is 0 Å². The Hall–Kier alpha value is -4.14. The van der Waals surface area contributed by atoms with E-state index in [2.05, 4.69) is 12.1 Å². The minimum Gasteiger partial charge on any atom is -0.468 e. The number of rotatable bonds is 8. The van der Waals surface area contributed by atoms with Gasteiger partial charge >= 0.3 is 5.97 Å². The molecule has 3 aromatic rings. The fraction of sp³-hybridized carbons (Fsp3) is 0.421. The molecule has 1 heterocycles. The van der Waals surface area contributed by atoms with E-state index in [9.17, 15) is 19.2 Å². The normalized spacial score (nSPS) is 33.5. The van der Waals surface area contributed by atoms with Crippen molar-refractivity contribution in [1.82, 2.24) is 4.90 Å². The summed E-state index contributed by atoms with van der Waals surface area (Å²) in [5.41, 5.74) is -0.402. The summed E-state index contributed by atoms with van der Waals surface area (Å²) in [7, 11) is 2.90. The van der Waals surface area contributed by atoms with Gasteiger partial charge in [0.2, 0.25) is 11.8 Å². The number of ether oxygens (including phenoxy) is 3. The fourth-order valence-corrected chi connectivity index (χ4v) is 10.5. The number of nitrogens with zero attached hydrogens (tertiary/aromatic N) is 1. The summed E-state index contributed by atoms with van der Waals surface area (Å²) in [4.78, 5) is 57.7. The molecule has 9 rings (SSSR count). The van der Waals surface area contributed by atoms with Crippen molar-refractivity contribution in [3.05, 3.63) is 107 Å². The first-order valence-electron chi connectivity index (χ1n) is 16.2. The van der Waals surface area contributed by atoms with Crippen LogP contribution in [0, 0.1) is 22.2 Å². The largest absolute Gasteiger partial charge is 0.468 e. The Bertz CT molecular complexity index is 1740. The number of Topliss-reactive ketones (excluding diaryl/α,β-unsaturated/α-hetero) is 1. The van der Waals surface area contributed by atoms with Crippen molar-refractivity contribution >= 4 is 23.6 Å². The molecule has 2 bridgehead atoms. The smallest absolute Gasteiger partial charge is 0.319 e. The van der Waals surface area contributed by atoms with Crippen LogP contribution in [0.15, 0.2) is 78.9 Å². The summed E-state index contributed by atoms with van der Waals surface area (Å²) < 4.78 is 18.4. The lowest BCUT2D eigenvalue weighted by atomic mass is 9.40. The van der Waals surface area contributed by atoms with Crippen molar-refractivity contribution in [2.45, 2.75) is 56.7 Å². The fourth-order valence-electron chi connectivity index (χ4n) is 10.5. The summed E-state index contributed by atoms with van der Waals surface area (Å²) in [6.45, 7) is 0.209. The van der Waals surface area contributed by atoms with Crippen LogP contribution in [0.25, 0.3) is 0 Å². The molecule has 6 aliphatic rings. The van der Waals surface area contributed by atoms with Crippen LogP contribution in [-0.2, 0) is 45.6 Å². The Morgan fingerprint density at radius 3 is 2.15 bits per heavy atom. The van der Waals surface area contributed by atoms with Crippen molar-refractivity contribution in [3.8, 4) is 0 Å². The Kier molecular flexibility index (Phi) is 6.48. The zero-order chi connectivity index (χ0) is 31.9. The first-order valence-corrected chi connectivity index (χ1v) is 16.2. The van der Waals surface area contributed by atoms with Gasteiger partial charge in [-0.05, 0) is 65.8 Å². The molecule has 2 saturated carbocycles. The minimum absolute atomic E-state index is 0.111. The van der Waals surface area contributed by atoms with Gasteiger partial charge in [0.15, 0.2) is 0 Å². The molecule has 8 nitrogen and oxygen atoms in total. The third kappa shape index (κ3) is 3.36. The van der Waals surface area contributed by atoms with E-state index < -0.39 is 33.7 Å². The van der Waals surface area contributed by atoms with Crippen molar-refractivity contribution in [1.29, 1.82) is 0 Å². The molecule has 2 amide bonds. The van der Waals surface area contributed by atoms with E-state index in [-0.39, 0.29) is 36.7 Å². The van der Waals surface area contributed by atoms with Gasteiger partial charge in [0.05, 0.1) is 19.1 Å². The first kappa shape index (κ1) is 29.3. The van der Waals surface area contributed by atoms with Gasteiger partial charge in [0.25, 0.3) is 0 Å². The summed E-state index contributed by atoms with van der Waals surface area (Å²) in [6, 6.07) is 25.8. The Morgan fingerprint density at radius 1 is 0.870 bits per heavy atom. The first-order chi connectivity index (χ1) is 22.3. The number of esters is 1. The van der Waals surface area contributed by atoms with Crippen molar-refractivity contribution in [2.75, 3.05) is 21.0 Å². The third-order valence-corrected chi connectivity index (χ3v) is 11.9. The van der Waals surface area contributed by atoms with Crippen LogP contribution in [-0.4, -0.2) is 49.4 Å². The number of benzene rings is 3. The Morgan fingerprint density at radius 2 is 1.52 bits per heavy atom. The molecule has 3 fully saturated rings. The summed E-state index contributed by atoms with van der Waals surface area (Å²) in [6.07, 6.45) is 2.25. The number of imide groups is 1. The van der Waals surface area contributed by atoms with Gasteiger partial charge in [0.1, 0.15) is 29.0 Å². The SMILES string of the molecule is COC(=O)C1(C[C@H]2C[C@@]34C(=O)N(C)C(=O)[C@]3(C2)C2(OCOCc3ccccc3)c3ccccc3C4c3ccccc32)CCCC1=O. The molecule has 1 unspecified atom stereocenters. The minimum atomic E-state index is -1.34. The highest BCUT2D eigenvalue weighted by atomic mass is 16.7. The predicted molar refractivity (Wildman–Crippen MR) is 166 cm³/mol. The molecule has 4 atom stereocenters. The summed E-state index contributed by atoms with van der Waals surface area (Å²) in [5.74, 6) is -1.80. The number of likely N-dealkylation sites (tertiary alicyclic amines) is 1. The topological polar surface area (TPSA) is 99.2 Å². The van der Waals surface area contributed by atoms with Crippen LogP contribution in [0.3, 0.4) is 0 Å². The van der Waals surface area contributed by atoms with Crippen molar-refractivity contribution in [2.24, 2.45) is 22.2 Å². The maximum absolute atomic E-state index is 15.0. The van der Waals surface area contributed by atoms with Gasteiger partial charge in [-0.25, -0.2) is 0 Å². The average molecular weight is 620 g/mol. The molecule has 0 aromatic heterocycles. The quantitative estimate of drug-likeness (QED) is 0.111. The zero-order valence-electron chi connectivity index (χ0n) is 26.1. The van der Waals surface area contributed by atoms with E-state index in [1.165, 1.54) is 12.0 Å². The highest BCUT2D eigenvalue weighted by Crippen LogP contribution is 2.81. The van der Waals surface area contributed by atoms with Crippen LogP contribution in [0.5, 0.6) is 0 Å². The van der Waals surface area contributed by atoms with Gasteiger partial charge < -0.3 is 14.2 Å². The molecule has 5 aliphatic carbocycles. The van der Waals surface area contributed by atoms with Gasteiger partial charge in [-0.2, -0.15) is 0 Å². The molecule has 236 valence electrons. The highest BCUT2D eigenvalue weighted by Gasteiger charge is 2.87. The number of carbonyl (C=O) groups excluding carboxylic acids is 4. The number of ketones is 1. The molecule has 1 aliphatic heterocycles. The maximum atomic E-state index is 15.0. The Balaban J connectivity index is 1.31. The number of hydrogen-bond acceptors (Lipinski definition) is 7. The molecule has 0 radical (unpaired) electrons. The second kappa shape index (κ2) is 10.2. The van der Waals surface area contributed by atoms with Gasteiger partial charge in [-0.1, -0.05) is 78.9 Å². The van der Waals surface area contributed by atoms with E-state index >= 15 is 0 Å². The lowest BCUT2D eigenvalue weighted by Gasteiger charge is -2.62. The van der Waals surface area contributed by atoms with Crippen LogP contribution in [0.4, 0.5) is 0 Å². The van der Waals surface area contributed by atoms with Crippen LogP contribution >= 0.6 is 0 Å². The third-order valence-electron chi connectivity index (χ3n) is 11.9. The monoisotopic (exact) mass is 619 g/mol. The van der Waals surface area contributed by atoms with Gasteiger partial charge in [-0.15, -0.1) is 0 Å². The molecular weight excluding hydrogens is 582 g/mol. The summed E-state index contributed by atoms with van der Waals surface area (Å²) in [5, 5.41) is 0.